The van der Waals surface area contributed by atoms with E-state index < -0.39 is 0 Å². The molecule has 0 saturated carbocycles. The van der Waals surface area contributed by atoms with Gasteiger partial charge in [-0.1, -0.05) is 18.2 Å². The zero-order valence-corrected chi connectivity index (χ0v) is 14.1. The third-order valence-corrected chi connectivity index (χ3v) is 4.25. The lowest BCUT2D eigenvalue weighted by atomic mass is 10.2. The molecule has 1 aromatic heterocycles. The minimum Gasteiger partial charge on any atom is -0.484 e. The van der Waals surface area contributed by atoms with Crippen LogP contribution in [0.3, 0.4) is 0 Å². The molecule has 1 aliphatic heterocycles. The Morgan fingerprint density at radius 2 is 2.08 bits per heavy atom. The van der Waals surface area contributed by atoms with E-state index >= 15 is 0 Å². The normalized spacial score (nSPS) is 16.8. The van der Waals surface area contributed by atoms with Gasteiger partial charge in [0.15, 0.2) is 6.61 Å². The van der Waals surface area contributed by atoms with Crippen LogP contribution in [-0.4, -0.2) is 40.1 Å². The van der Waals surface area contributed by atoms with Crippen molar-refractivity contribution >= 4 is 5.91 Å². The maximum Gasteiger partial charge on any atom is 0.261 e. The number of hydrogen-bond acceptors (Lipinski definition) is 4. The second-order valence-electron chi connectivity index (χ2n) is 5.76. The average molecular weight is 329 g/mol. The van der Waals surface area contributed by atoms with Gasteiger partial charge in [-0.15, -0.1) is 0 Å². The molecule has 0 saturated heterocycles. The van der Waals surface area contributed by atoms with Crippen molar-refractivity contribution in [1.29, 1.82) is 0 Å². The molecule has 0 bridgehead atoms. The maximum absolute atomic E-state index is 12.5. The van der Waals surface area contributed by atoms with E-state index in [1.54, 1.807) is 0 Å². The van der Waals surface area contributed by atoms with Gasteiger partial charge >= 0.3 is 0 Å². The molecule has 0 N–H and O–H groups in total. The largest absolute Gasteiger partial charge is 0.484 e. The molecule has 0 unspecified atom stereocenters. The van der Waals surface area contributed by atoms with Crippen LogP contribution in [0.5, 0.6) is 5.75 Å². The summed E-state index contributed by atoms with van der Waals surface area (Å²) in [4.78, 5) is 18.8. The summed E-state index contributed by atoms with van der Waals surface area (Å²) in [5.41, 5.74) is 1.06. The molecule has 0 fully saturated rings. The van der Waals surface area contributed by atoms with Gasteiger partial charge in [0, 0.05) is 19.7 Å². The molecule has 3 rings (SSSR count). The van der Waals surface area contributed by atoms with Crippen LogP contribution in [0.1, 0.15) is 31.4 Å². The molecule has 2 aromatic rings. The molecular weight excluding hydrogens is 306 g/mol. The fourth-order valence-corrected chi connectivity index (χ4v) is 2.97. The molecule has 1 amide bonds. The van der Waals surface area contributed by atoms with Crippen LogP contribution >= 0.6 is 0 Å². The number of carbonyl (C=O) groups is 1. The Morgan fingerprint density at radius 3 is 2.83 bits per heavy atom. The van der Waals surface area contributed by atoms with Crippen LogP contribution in [0.15, 0.2) is 36.5 Å². The Hall–Kier alpha value is -2.34. The van der Waals surface area contributed by atoms with E-state index in [1.165, 1.54) is 0 Å². The third kappa shape index (κ3) is 3.43. The van der Waals surface area contributed by atoms with E-state index in [0.29, 0.717) is 25.5 Å². The monoisotopic (exact) mass is 329 g/mol. The summed E-state index contributed by atoms with van der Waals surface area (Å²) < 4.78 is 13.2. The van der Waals surface area contributed by atoms with Gasteiger partial charge in [-0.3, -0.25) is 4.79 Å². The van der Waals surface area contributed by atoms with Crippen LogP contribution in [0.2, 0.25) is 0 Å². The highest BCUT2D eigenvalue weighted by Gasteiger charge is 2.30. The highest BCUT2D eigenvalue weighted by molar-refractivity contribution is 5.78. The number of benzene rings is 1. The van der Waals surface area contributed by atoms with E-state index in [4.69, 9.17) is 9.47 Å². The predicted molar refractivity (Wildman–Crippen MR) is 89.6 cm³/mol. The summed E-state index contributed by atoms with van der Waals surface area (Å²) in [5, 5.41) is 0. The van der Waals surface area contributed by atoms with Gasteiger partial charge in [-0.05, 0) is 26.0 Å². The van der Waals surface area contributed by atoms with Crippen LogP contribution in [0.4, 0.5) is 0 Å². The third-order valence-electron chi connectivity index (χ3n) is 4.25. The molecule has 24 heavy (non-hydrogen) atoms. The van der Waals surface area contributed by atoms with E-state index in [1.807, 2.05) is 55.3 Å². The van der Waals surface area contributed by atoms with Gasteiger partial charge in [0.05, 0.1) is 24.5 Å². The van der Waals surface area contributed by atoms with E-state index in [-0.39, 0.29) is 18.6 Å². The summed E-state index contributed by atoms with van der Waals surface area (Å²) in [6.45, 7) is 6.64. The first kappa shape index (κ1) is 16.5. The van der Waals surface area contributed by atoms with Crippen molar-refractivity contribution in [2.75, 3.05) is 19.8 Å². The summed E-state index contributed by atoms with van der Waals surface area (Å²) in [5.74, 6) is 1.59. The van der Waals surface area contributed by atoms with Gasteiger partial charge in [-0.2, -0.15) is 0 Å². The number of aromatic nitrogens is 2. The second kappa shape index (κ2) is 7.49. The van der Waals surface area contributed by atoms with Gasteiger partial charge < -0.3 is 18.9 Å². The summed E-state index contributed by atoms with van der Waals surface area (Å²) in [7, 11) is 0. The van der Waals surface area contributed by atoms with Crippen molar-refractivity contribution in [3.63, 3.8) is 0 Å². The van der Waals surface area contributed by atoms with Crippen LogP contribution in [-0.2, 0) is 22.7 Å². The van der Waals surface area contributed by atoms with Gasteiger partial charge in [0.25, 0.3) is 5.91 Å². The molecule has 1 aliphatic rings. The first-order valence-electron chi connectivity index (χ1n) is 8.30. The lowest BCUT2D eigenvalue weighted by Gasteiger charge is -2.34. The summed E-state index contributed by atoms with van der Waals surface area (Å²) in [6, 6.07) is 9.32. The van der Waals surface area contributed by atoms with Crippen LogP contribution < -0.4 is 4.74 Å². The number of hydrogen-bond donors (Lipinski definition) is 0. The van der Waals surface area contributed by atoms with E-state index in [9.17, 15) is 4.79 Å². The molecule has 128 valence electrons. The molecule has 0 aliphatic carbocycles. The van der Waals surface area contributed by atoms with Crippen molar-refractivity contribution < 1.29 is 14.3 Å². The molecule has 1 atom stereocenters. The van der Waals surface area contributed by atoms with Crippen molar-refractivity contribution in [1.82, 2.24) is 14.5 Å². The highest BCUT2D eigenvalue weighted by Crippen LogP contribution is 2.25. The van der Waals surface area contributed by atoms with Gasteiger partial charge in [0.2, 0.25) is 0 Å². The number of imidazole rings is 1. The van der Waals surface area contributed by atoms with Crippen LogP contribution in [0, 0.1) is 0 Å². The van der Waals surface area contributed by atoms with Crippen molar-refractivity contribution in [2.24, 2.45) is 0 Å². The zero-order valence-electron chi connectivity index (χ0n) is 14.1. The fourth-order valence-electron chi connectivity index (χ4n) is 2.97. The number of nitrogens with zero attached hydrogens (tertiary/aromatic N) is 3. The van der Waals surface area contributed by atoms with Gasteiger partial charge in [0.1, 0.15) is 11.6 Å². The van der Waals surface area contributed by atoms with Crippen molar-refractivity contribution in [3.8, 4) is 5.75 Å². The Labute approximate surface area is 142 Å². The molecule has 6 heteroatoms. The Balaban J connectivity index is 1.64. The standard InChI is InChI=1S/C18H23N3O3/c1-3-23-12-15-11-19-18-14(2)20(9-10-21(15)18)17(22)13-24-16-7-5-4-6-8-16/h4-8,11,14H,3,9-10,12-13H2,1-2H3/t14-/m0/s1. The Morgan fingerprint density at radius 1 is 1.29 bits per heavy atom. The predicted octanol–water partition coefficient (Wildman–Crippen LogP) is 2.40. The quantitative estimate of drug-likeness (QED) is 0.816. The van der Waals surface area contributed by atoms with Crippen molar-refractivity contribution in [2.45, 2.75) is 33.0 Å². The topological polar surface area (TPSA) is 56.6 Å². The lowest BCUT2D eigenvalue weighted by molar-refractivity contribution is -0.136. The summed E-state index contributed by atoms with van der Waals surface area (Å²) in [6.07, 6.45) is 1.84. The minimum atomic E-state index is -0.0685. The fraction of sp³-hybridized carbons (Fsp3) is 0.444. The number of para-hydroxylation sites is 1. The maximum atomic E-state index is 12.5. The molecular formula is C18H23N3O3. The first-order chi connectivity index (χ1) is 11.7. The second-order valence-corrected chi connectivity index (χ2v) is 5.76. The minimum absolute atomic E-state index is 0.0213. The smallest absolute Gasteiger partial charge is 0.261 e. The number of rotatable bonds is 6. The SMILES string of the molecule is CCOCc1cnc2n1CCN(C(=O)COc1ccccc1)[C@H]2C. The molecule has 1 aromatic carbocycles. The van der Waals surface area contributed by atoms with Crippen LogP contribution in [0.25, 0.3) is 0 Å². The van der Waals surface area contributed by atoms with Crippen molar-refractivity contribution in [3.05, 3.63) is 48.0 Å². The molecule has 2 heterocycles. The lowest BCUT2D eigenvalue weighted by Crippen LogP contribution is -2.43. The number of carbonyl (C=O) groups excluding carboxylic acids is 1. The van der Waals surface area contributed by atoms with Gasteiger partial charge in [-0.25, -0.2) is 4.98 Å². The summed E-state index contributed by atoms with van der Waals surface area (Å²) >= 11 is 0. The zero-order chi connectivity index (χ0) is 16.9. The molecule has 6 nitrogen and oxygen atoms in total. The highest BCUT2D eigenvalue weighted by atomic mass is 16.5. The first-order valence-corrected chi connectivity index (χ1v) is 8.30. The molecule has 0 spiro atoms. The Kier molecular flexibility index (Phi) is 5.15. The molecule has 0 radical (unpaired) electrons. The average Bonchev–Trinajstić information content (AvgIpc) is 3.03. The van der Waals surface area contributed by atoms with E-state index in [0.717, 1.165) is 18.1 Å². The number of amides is 1. The Bertz CT molecular complexity index is 684. The number of ether oxygens (including phenoxy) is 2. The number of fused-ring (bicyclic) bond motifs is 1. The van der Waals surface area contributed by atoms with E-state index in [2.05, 4.69) is 9.55 Å².